The maximum atomic E-state index is 14.2. The Morgan fingerprint density at radius 3 is 2.47 bits per heavy atom. The van der Waals surface area contributed by atoms with E-state index in [2.05, 4.69) is 20.1 Å². The van der Waals surface area contributed by atoms with Gasteiger partial charge < -0.3 is 14.6 Å². The Morgan fingerprint density at radius 2 is 1.80 bits per heavy atom. The molecule has 49 heavy (non-hydrogen) atoms. The molecule has 2 aliphatic rings. The zero-order valence-electron chi connectivity index (χ0n) is 27.4. The molecule has 1 aliphatic carbocycles. The van der Waals surface area contributed by atoms with Crippen molar-refractivity contribution < 1.29 is 22.4 Å². The number of fused-ring (bicyclic) bond motifs is 1. The highest BCUT2D eigenvalue weighted by Crippen LogP contribution is 2.47. The monoisotopic (exact) mass is 708 g/mol. The second kappa shape index (κ2) is 14.7. The van der Waals surface area contributed by atoms with E-state index in [0.29, 0.717) is 36.9 Å². The molecule has 2 aromatic carbocycles. The molecule has 1 saturated carbocycles. The number of nitrogens with zero attached hydrogens (tertiary/aromatic N) is 4. The summed E-state index contributed by atoms with van der Waals surface area (Å²) < 4.78 is 33.4. The summed E-state index contributed by atoms with van der Waals surface area (Å²) in [5, 5.41) is 7.99. The summed E-state index contributed by atoms with van der Waals surface area (Å²) in [5.41, 5.74) is 0.772. The highest BCUT2D eigenvalue weighted by molar-refractivity contribution is 7.92. The minimum atomic E-state index is -3.56. The maximum absolute atomic E-state index is 14.2. The molecule has 2 fully saturated rings. The Morgan fingerprint density at radius 1 is 1.06 bits per heavy atom. The molecule has 1 saturated heterocycles. The van der Waals surface area contributed by atoms with Gasteiger partial charge in [0.25, 0.3) is 5.91 Å². The van der Waals surface area contributed by atoms with E-state index in [1.807, 2.05) is 21.7 Å². The minimum absolute atomic E-state index is 0.0121. The molecule has 2 N–H and O–H groups in total. The van der Waals surface area contributed by atoms with Crippen LogP contribution in [-0.2, 0) is 27.8 Å². The fraction of sp³-hybridized carbons (Fsp3) is 0.457. The van der Waals surface area contributed by atoms with Crippen molar-refractivity contribution in [1.29, 1.82) is 0 Å². The number of carbonyl (C=O) groups is 2. The van der Waals surface area contributed by atoms with Gasteiger partial charge in [0.15, 0.2) is 11.2 Å². The van der Waals surface area contributed by atoms with Gasteiger partial charge in [-0.3, -0.25) is 23.8 Å². The zero-order chi connectivity index (χ0) is 34.6. The Hall–Kier alpha value is -4.23. The van der Waals surface area contributed by atoms with E-state index < -0.39 is 27.4 Å². The van der Waals surface area contributed by atoms with E-state index in [0.717, 1.165) is 37.3 Å². The molecule has 4 aromatic rings. The molecule has 0 bridgehead atoms. The molecule has 1 unspecified atom stereocenters. The first kappa shape index (κ1) is 34.6. The van der Waals surface area contributed by atoms with Crippen molar-refractivity contribution in [3.8, 4) is 0 Å². The Balaban J connectivity index is 1.21. The predicted octanol–water partition coefficient (Wildman–Crippen LogP) is 5.03. The van der Waals surface area contributed by atoms with E-state index in [9.17, 15) is 22.8 Å². The van der Waals surface area contributed by atoms with Gasteiger partial charge >= 0.3 is 0 Å². The van der Waals surface area contributed by atoms with Crippen LogP contribution in [0.15, 0.2) is 70.4 Å². The maximum Gasteiger partial charge on any atom is 0.287 e. The van der Waals surface area contributed by atoms with Crippen LogP contribution in [0.2, 0.25) is 5.02 Å². The van der Waals surface area contributed by atoms with Crippen LogP contribution in [0.5, 0.6) is 0 Å². The minimum Gasteiger partial charge on any atom is -0.451 e. The lowest BCUT2D eigenvalue weighted by atomic mass is 9.63. The number of benzene rings is 2. The molecule has 1 aliphatic heterocycles. The number of amides is 2. The molecular weight excluding hydrogens is 668 g/mol. The van der Waals surface area contributed by atoms with Gasteiger partial charge in [0.1, 0.15) is 24.3 Å². The molecule has 3 heterocycles. The van der Waals surface area contributed by atoms with Gasteiger partial charge in [0.2, 0.25) is 15.9 Å². The first-order valence-electron chi connectivity index (χ1n) is 16.7. The number of piperidine rings is 1. The number of nitrogens with one attached hydrogen (secondary N) is 2. The Bertz CT molecular complexity index is 1950. The third-order valence-electron chi connectivity index (χ3n) is 9.98. The van der Waals surface area contributed by atoms with Crippen LogP contribution in [0.25, 0.3) is 11.0 Å². The Labute approximate surface area is 290 Å². The SMILES string of the molecule is CS(=O)(=O)Nc1ccc2oc(C(=O)NC(CCc3ccc(Cl)cc3)C(=O)N3CCC(Cn4cncn4)(C4CCCCC4)CC3)cc(=O)c2c1. The van der Waals surface area contributed by atoms with E-state index in [1.165, 1.54) is 50.3 Å². The van der Waals surface area contributed by atoms with Crippen molar-refractivity contribution in [3.05, 3.63) is 87.8 Å². The van der Waals surface area contributed by atoms with Gasteiger partial charge in [-0.25, -0.2) is 13.4 Å². The first-order chi connectivity index (χ1) is 23.5. The smallest absolute Gasteiger partial charge is 0.287 e. The van der Waals surface area contributed by atoms with Crippen molar-refractivity contribution in [2.75, 3.05) is 24.1 Å². The number of hydrogen-bond acceptors (Lipinski definition) is 8. The summed E-state index contributed by atoms with van der Waals surface area (Å²) in [6.07, 6.45) is 12.9. The van der Waals surface area contributed by atoms with E-state index in [-0.39, 0.29) is 33.7 Å². The molecule has 260 valence electrons. The average Bonchev–Trinajstić information content (AvgIpc) is 3.60. The topological polar surface area (TPSA) is 156 Å². The number of sulfonamides is 1. The van der Waals surface area contributed by atoms with Gasteiger partial charge in [0.05, 0.1) is 11.6 Å². The van der Waals surface area contributed by atoms with Gasteiger partial charge in [-0.15, -0.1) is 0 Å². The van der Waals surface area contributed by atoms with Crippen LogP contribution >= 0.6 is 11.6 Å². The molecule has 0 spiro atoms. The van der Waals surface area contributed by atoms with Crippen molar-refractivity contribution >= 4 is 50.1 Å². The predicted molar refractivity (Wildman–Crippen MR) is 187 cm³/mol. The lowest BCUT2D eigenvalue weighted by molar-refractivity contribution is -0.137. The summed E-state index contributed by atoms with van der Waals surface area (Å²) in [4.78, 5) is 46.8. The van der Waals surface area contributed by atoms with Crippen molar-refractivity contribution in [2.24, 2.45) is 11.3 Å². The third-order valence-corrected chi connectivity index (χ3v) is 10.8. The molecular formula is C35H41ClN6O6S. The van der Waals surface area contributed by atoms with Crippen LogP contribution in [0.3, 0.4) is 0 Å². The van der Waals surface area contributed by atoms with Crippen LogP contribution in [0.1, 0.15) is 67.5 Å². The van der Waals surface area contributed by atoms with Crippen molar-refractivity contribution in [2.45, 2.75) is 70.4 Å². The van der Waals surface area contributed by atoms with Crippen LogP contribution in [0.4, 0.5) is 5.69 Å². The van der Waals surface area contributed by atoms with E-state index in [4.69, 9.17) is 16.0 Å². The number of anilines is 1. The number of likely N-dealkylation sites (tertiary alicyclic amines) is 1. The second-order valence-corrected chi connectivity index (χ2v) is 15.6. The molecule has 1 atom stereocenters. The highest BCUT2D eigenvalue weighted by Gasteiger charge is 2.44. The summed E-state index contributed by atoms with van der Waals surface area (Å²) in [5.74, 6) is -0.558. The number of halogens is 1. The first-order valence-corrected chi connectivity index (χ1v) is 19.0. The molecule has 2 aromatic heterocycles. The number of aryl methyl sites for hydroxylation is 1. The average molecular weight is 709 g/mol. The van der Waals surface area contributed by atoms with Crippen LogP contribution in [0, 0.1) is 11.3 Å². The molecule has 6 rings (SSSR count). The number of hydrogen-bond donors (Lipinski definition) is 2. The van der Waals surface area contributed by atoms with Gasteiger partial charge in [-0.05, 0) is 85.8 Å². The largest absolute Gasteiger partial charge is 0.451 e. The van der Waals surface area contributed by atoms with Gasteiger partial charge in [0, 0.05) is 36.4 Å². The van der Waals surface area contributed by atoms with E-state index >= 15 is 0 Å². The fourth-order valence-corrected chi connectivity index (χ4v) is 8.12. The highest BCUT2D eigenvalue weighted by atomic mass is 35.5. The molecule has 2 amide bonds. The quantitative estimate of drug-likeness (QED) is 0.220. The molecule has 12 nitrogen and oxygen atoms in total. The lowest BCUT2D eigenvalue weighted by Gasteiger charge is -2.48. The number of aromatic nitrogens is 3. The number of carbonyl (C=O) groups excluding carboxylic acids is 2. The van der Waals surface area contributed by atoms with E-state index in [1.54, 1.807) is 24.8 Å². The fourth-order valence-electron chi connectivity index (χ4n) is 7.43. The summed E-state index contributed by atoms with van der Waals surface area (Å²) in [6, 6.07) is 11.8. The van der Waals surface area contributed by atoms with Gasteiger partial charge in [-0.2, -0.15) is 5.10 Å². The summed E-state index contributed by atoms with van der Waals surface area (Å²) >= 11 is 6.08. The normalized spacial score (nSPS) is 17.5. The third kappa shape index (κ3) is 8.50. The van der Waals surface area contributed by atoms with Gasteiger partial charge in [-0.1, -0.05) is 43.0 Å². The summed E-state index contributed by atoms with van der Waals surface area (Å²) in [6.45, 7) is 1.89. The van der Waals surface area contributed by atoms with Crippen molar-refractivity contribution in [3.63, 3.8) is 0 Å². The Kier molecular flexibility index (Phi) is 10.4. The van der Waals surface area contributed by atoms with Crippen LogP contribution < -0.4 is 15.5 Å². The van der Waals surface area contributed by atoms with Crippen LogP contribution in [-0.4, -0.2) is 65.3 Å². The lowest BCUT2D eigenvalue weighted by Crippen LogP contribution is -2.54. The summed E-state index contributed by atoms with van der Waals surface area (Å²) in [7, 11) is -3.56. The zero-order valence-corrected chi connectivity index (χ0v) is 29.0. The molecule has 14 heteroatoms. The number of rotatable bonds is 11. The molecule has 0 radical (unpaired) electrons. The van der Waals surface area contributed by atoms with Crippen molar-refractivity contribution in [1.82, 2.24) is 25.0 Å². The second-order valence-electron chi connectivity index (χ2n) is 13.4. The standard InChI is InChI=1S/C35H41ClN6O6S/c1-49(46,47)40-27-12-14-31-28(19-27)30(43)20-32(48-31)33(44)39-29(13-9-24-7-10-26(36)11-8-24)34(45)41-17-15-35(16-18-41,21-42-23-37-22-38-42)25-5-3-2-4-6-25/h7-8,10-12,14,19-20,22-23,25,29,40H,2-6,9,13,15-18,21H2,1H3,(H,39,44).